The van der Waals surface area contributed by atoms with Crippen molar-refractivity contribution >= 4 is 40.6 Å². The molecule has 0 bridgehead atoms. The number of carbonyl (C=O) groups is 1. The fraction of sp³-hybridized carbons (Fsp3) is 0.562. The van der Waals surface area contributed by atoms with E-state index >= 15 is 0 Å². The summed E-state index contributed by atoms with van der Waals surface area (Å²) in [6.07, 6.45) is 0. The van der Waals surface area contributed by atoms with Gasteiger partial charge in [0.1, 0.15) is 0 Å². The van der Waals surface area contributed by atoms with Gasteiger partial charge in [-0.25, -0.2) is 8.42 Å². The van der Waals surface area contributed by atoms with Crippen LogP contribution in [0.25, 0.3) is 0 Å². The van der Waals surface area contributed by atoms with Gasteiger partial charge < -0.3 is 10.2 Å². The van der Waals surface area contributed by atoms with Crippen LogP contribution in [-0.4, -0.2) is 75.9 Å². The van der Waals surface area contributed by atoms with Crippen LogP contribution in [0.4, 0.5) is 0 Å². The highest BCUT2D eigenvalue weighted by Gasteiger charge is 2.21. The van der Waals surface area contributed by atoms with Crippen LogP contribution >= 0.6 is 24.8 Å². The Balaban J connectivity index is 0.00000288. The summed E-state index contributed by atoms with van der Waals surface area (Å²) in [5, 5.41) is 3.03. The van der Waals surface area contributed by atoms with Gasteiger partial charge in [-0.3, -0.25) is 9.69 Å². The van der Waals surface area contributed by atoms with Crippen molar-refractivity contribution in [3.63, 3.8) is 0 Å². The van der Waals surface area contributed by atoms with Gasteiger partial charge in [0.25, 0.3) is 5.91 Å². The van der Waals surface area contributed by atoms with Crippen LogP contribution in [0.5, 0.6) is 0 Å². The molecule has 1 amide bonds. The lowest BCUT2D eigenvalue weighted by Gasteiger charge is -2.26. The third-order valence-electron chi connectivity index (χ3n) is 4.06. The minimum atomic E-state index is -2.86. The Morgan fingerprint density at radius 3 is 2.48 bits per heavy atom. The molecule has 2 rings (SSSR count). The Bertz CT molecular complexity index is 642. The zero-order valence-electron chi connectivity index (χ0n) is 14.6. The first kappa shape index (κ1) is 24.1. The standard InChI is InChI=1S/C16H25N3O3S.2ClH/c1-17-6-7-18(2)16(20)15-5-3-4-14(12-15)13-19-8-10-23(21,22)11-9-19;;/h3-5,12,17H,6-11,13H2,1-2H3;2*1H. The Labute approximate surface area is 162 Å². The number of nitrogens with zero attached hydrogens (tertiary/aromatic N) is 2. The number of benzene rings is 1. The SMILES string of the molecule is CNCCN(C)C(=O)c1cccc(CN2CCS(=O)(=O)CC2)c1.Cl.Cl. The smallest absolute Gasteiger partial charge is 0.253 e. The van der Waals surface area contributed by atoms with Crippen molar-refractivity contribution in [2.75, 3.05) is 51.8 Å². The number of hydrogen-bond acceptors (Lipinski definition) is 5. The number of nitrogens with one attached hydrogen (secondary N) is 1. The molecule has 144 valence electrons. The fourth-order valence-electron chi connectivity index (χ4n) is 2.57. The van der Waals surface area contributed by atoms with E-state index in [4.69, 9.17) is 0 Å². The summed E-state index contributed by atoms with van der Waals surface area (Å²) >= 11 is 0. The van der Waals surface area contributed by atoms with Gasteiger partial charge in [-0.2, -0.15) is 0 Å². The number of sulfone groups is 1. The van der Waals surface area contributed by atoms with Gasteiger partial charge >= 0.3 is 0 Å². The summed E-state index contributed by atoms with van der Waals surface area (Å²) in [7, 11) is 0.794. The predicted molar refractivity (Wildman–Crippen MR) is 106 cm³/mol. The van der Waals surface area contributed by atoms with Crippen molar-refractivity contribution in [1.29, 1.82) is 0 Å². The Morgan fingerprint density at radius 1 is 1.24 bits per heavy atom. The molecule has 1 aromatic carbocycles. The van der Waals surface area contributed by atoms with Gasteiger partial charge in [-0.05, 0) is 24.7 Å². The van der Waals surface area contributed by atoms with Crippen molar-refractivity contribution < 1.29 is 13.2 Å². The molecular weight excluding hydrogens is 385 g/mol. The second-order valence-corrected chi connectivity index (χ2v) is 8.26. The van der Waals surface area contributed by atoms with Crippen LogP contribution in [0.3, 0.4) is 0 Å². The van der Waals surface area contributed by atoms with E-state index in [0.717, 1.165) is 12.1 Å². The second-order valence-electron chi connectivity index (χ2n) is 5.96. The van der Waals surface area contributed by atoms with Crippen molar-refractivity contribution in [2.24, 2.45) is 0 Å². The van der Waals surface area contributed by atoms with E-state index in [2.05, 4.69) is 10.2 Å². The minimum absolute atomic E-state index is 0. The molecule has 0 aliphatic carbocycles. The normalized spacial score (nSPS) is 16.4. The molecule has 1 heterocycles. The lowest BCUT2D eigenvalue weighted by Crippen LogP contribution is -2.39. The van der Waals surface area contributed by atoms with E-state index in [9.17, 15) is 13.2 Å². The highest BCUT2D eigenvalue weighted by atomic mass is 35.5. The molecule has 1 aliphatic heterocycles. The van der Waals surface area contributed by atoms with Crippen LogP contribution in [0.15, 0.2) is 24.3 Å². The van der Waals surface area contributed by atoms with Crippen molar-refractivity contribution in [1.82, 2.24) is 15.1 Å². The molecule has 9 heteroatoms. The van der Waals surface area contributed by atoms with E-state index in [1.165, 1.54) is 0 Å². The fourth-order valence-corrected chi connectivity index (χ4v) is 3.85. The van der Waals surface area contributed by atoms with Crippen molar-refractivity contribution in [3.8, 4) is 0 Å². The van der Waals surface area contributed by atoms with Crippen molar-refractivity contribution in [2.45, 2.75) is 6.54 Å². The number of rotatable bonds is 6. The van der Waals surface area contributed by atoms with Crippen molar-refractivity contribution in [3.05, 3.63) is 35.4 Å². The van der Waals surface area contributed by atoms with Gasteiger partial charge in [0.15, 0.2) is 9.84 Å². The lowest BCUT2D eigenvalue weighted by atomic mass is 10.1. The van der Waals surface area contributed by atoms with E-state index in [1.54, 1.807) is 11.9 Å². The zero-order valence-corrected chi connectivity index (χ0v) is 17.1. The molecule has 1 saturated heterocycles. The van der Waals surface area contributed by atoms with E-state index in [-0.39, 0.29) is 42.2 Å². The Morgan fingerprint density at radius 2 is 1.88 bits per heavy atom. The quantitative estimate of drug-likeness (QED) is 0.757. The molecule has 1 aromatic rings. The summed E-state index contributed by atoms with van der Waals surface area (Å²) in [4.78, 5) is 16.2. The van der Waals surface area contributed by atoms with E-state index in [1.807, 2.05) is 31.3 Å². The lowest BCUT2D eigenvalue weighted by molar-refractivity contribution is 0.0796. The summed E-state index contributed by atoms with van der Waals surface area (Å²) in [6.45, 7) is 3.20. The first-order valence-electron chi connectivity index (χ1n) is 7.83. The Hall–Kier alpha value is -0.860. The number of carbonyl (C=O) groups excluding carboxylic acids is 1. The van der Waals surface area contributed by atoms with Crippen LogP contribution in [0, 0.1) is 0 Å². The number of halogens is 2. The van der Waals surface area contributed by atoms with Crippen LogP contribution in [0.2, 0.25) is 0 Å². The second kappa shape index (κ2) is 11.0. The molecule has 0 spiro atoms. The summed E-state index contributed by atoms with van der Waals surface area (Å²) in [6, 6.07) is 7.59. The topological polar surface area (TPSA) is 69.7 Å². The van der Waals surface area contributed by atoms with Crippen LogP contribution < -0.4 is 5.32 Å². The molecule has 1 aliphatic rings. The molecule has 1 fully saturated rings. The van der Waals surface area contributed by atoms with E-state index in [0.29, 0.717) is 31.7 Å². The number of hydrogen-bond donors (Lipinski definition) is 1. The first-order chi connectivity index (χ1) is 10.9. The zero-order chi connectivity index (χ0) is 16.9. The largest absolute Gasteiger partial charge is 0.340 e. The van der Waals surface area contributed by atoms with E-state index < -0.39 is 9.84 Å². The molecule has 0 atom stereocenters. The van der Waals surface area contributed by atoms with Crippen LogP contribution in [-0.2, 0) is 16.4 Å². The molecule has 6 nitrogen and oxygen atoms in total. The summed E-state index contributed by atoms with van der Waals surface area (Å²) in [5.74, 6) is 0.444. The third-order valence-corrected chi connectivity index (χ3v) is 5.67. The third kappa shape index (κ3) is 7.50. The molecular formula is C16H27Cl2N3O3S. The minimum Gasteiger partial charge on any atom is -0.340 e. The molecule has 0 radical (unpaired) electrons. The molecule has 25 heavy (non-hydrogen) atoms. The van der Waals surface area contributed by atoms with Gasteiger partial charge in [0.2, 0.25) is 0 Å². The summed E-state index contributed by atoms with van der Waals surface area (Å²) < 4.78 is 22.9. The molecule has 0 unspecified atom stereocenters. The maximum atomic E-state index is 12.4. The Kier molecular flexibility index (Phi) is 10.6. The summed E-state index contributed by atoms with van der Waals surface area (Å²) in [5.41, 5.74) is 1.71. The maximum absolute atomic E-state index is 12.4. The predicted octanol–water partition coefficient (Wildman–Crippen LogP) is 1.05. The highest BCUT2D eigenvalue weighted by Crippen LogP contribution is 2.13. The van der Waals surface area contributed by atoms with Gasteiger partial charge in [0.05, 0.1) is 11.5 Å². The average Bonchev–Trinajstić information content (AvgIpc) is 2.54. The number of amides is 1. The van der Waals surface area contributed by atoms with Gasteiger partial charge in [-0.1, -0.05) is 12.1 Å². The number of likely N-dealkylation sites (N-methyl/N-ethyl adjacent to an activating group) is 2. The highest BCUT2D eigenvalue weighted by molar-refractivity contribution is 7.91. The maximum Gasteiger partial charge on any atom is 0.253 e. The van der Waals surface area contributed by atoms with Gasteiger partial charge in [0, 0.05) is 45.3 Å². The molecule has 1 N–H and O–H groups in total. The van der Waals surface area contributed by atoms with Gasteiger partial charge in [-0.15, -0.1) is 24.8 Å². The average molecular weight is 412 g/mol. The molecule has 0 aromatic heterocycles. The monoisotopic (exact) mass is 411 g/mol. The molecule has 0 saturated carbocycles. The van der Waals surface area contributed by atoms with Crippen LogP contribution in [0.1, 0.15) is 15.9 Å². The first-order valence-corrected chi connectivity index (χ1v) is 9.65.